The van der Waals surface area contributed by atoms with Crippen molar-refractivity contribution >= 4 is 0 Å². The lowest BCUT2D eigenvalue weighted by atomic mass is 10.0. The summed E-state index contributed by atoms with van der Waals surface area (Å²) in [5, 5.41) is 0. The van der Waals surface area contributed by atoms with Crippen LogP contribution in [0.5, 0.6) is 0 Å². The molecule has 0 saturated heterocycles. The first-order valence-corrected chi connectivity index (χ1v) is 7.28. The van der Waals surface area contributed by atoms with E-state index in [-0.39, 0.29) is 6.04 Å². The minimum atomic E-state index is 0.249. The van der Waals surface area contributed by atoms with Crippen LogP contribution in [0.15, 0.2) is 61.3 Å². The Bertz CT molecular complexity index is 700. The van der Waals surface area contributed by atoms with Gasteiger partial charge in [0.05, 0.1) is 18.1 Å². The fraction of sp³-hybridized carbons (Fsp3) is 0.222. The first kappa shape index (κ1) is 13.6. The molecule has 0 spiro atoms. The summed E-state index contributed by atoms with van der Waals surface area (Å²) in [5.74, 6) is 0. The van der Waals surface area contributed by atoms with Crippen molar-refractivity contribution in [2.75, 3.05) is 0 Å². The summed E-state index contributed by atoms with van der Waals surface area (Å²) in [4.78, 5) is 8.79. The topological polar surface area (TPSA) is 30.7 Å². The lowest BCUT2D eigenvalue weighted by molar-refractivity contribution is 0.551. The lowest BCUT2D eigenvalue weighted by Crippen LogP contribution is -2.09. The molecule has 1 aromatic carbocycles. The minimum Gasteiger partial charge on any atom is -0.328 e. The van der Waals surface area contributed by atoms with Gasteiger partial charge in [-0.3, -0.25) is 4.98 Å². The molecule has 3 nitrogen and oxygen atoms in total. The molecule has 0 amide bonds. The number of hydrogen-bond acceptors (Lipinski definition) is 2. The van der Waals surface area contributed by atoms with Crippen LogP contribution in [0.4, 0.5) is 0 Å². The van der Waals surface area contributed by atoms with E-state index in [0.717, 1.165) is 17.7 Å². The number of aromatic nitrogens is 3. The second kappa shape index (κ2) is 5.92. The van der Waals surface area contributed by atoms with Crippen LogP contribution in [0.25, 0.3) is 11.1 Å². The number of hydrogen-bond donors (Lipinski definition) is 0. The zero-order chi connectivity index (χ0) is 14.7. The van der Waals surface area contributed by atoms with Gasteiger partial charge in [-0.2, -0.15) is 0 Å². The molecule has 0 aliphatic rings. The molecule has 0 radical (unpaired) electrons. The highest BCUT2D eigenvalue weighted by Gasteiger charge is 2.12. The number of imidazole rings is 1. The predicted octanol–water partition coefficient (Wildman–Crippen LogP) is 4.25. The van der Waals surface area contributed by atoms with Gasteiger partial charge < -0.3 is 4.57 Å². The second-order valence-electron chi connectivity index (χ2n) is 5.28. The zero-order valence-electron chi connectivity index (χ0n) is 12.4. The van der Waals surface area contributed by atoms with Gasteiger partial charge in [0.25, 0.3) is 0 Å². The molecule has 1 unspecified atom stereocenters. The molecule has 0 aliphatic heterocycles. The highest BCUT2D eigenvalue weighted by molar-refractivity contribution is 5.63. The van der Waals surface area contributed by atoms with Crippen molar-refractivity contribution in [3.63, 3.8) is 0 Å². The maximum absolute atomic E-state index is 4.66. The molecular formula is C18H19N3. The van der Waals surface area contributed by atoms with Crippen LogP contribution >= 0.6 is 0 Å². The van der Waals surface area contributed by atoms with E-state index in [1.807, 2.05) is 24.9 Å². The number of nitrogens with zero attached hydrogens (tertiary/aromatic N) is 3. The third-order valence-corrected chi connectivity index (χ3v) is 3.75. The Hall–Kier alpha value is -2.42. The van der Waals surface area contributed by atoms with Gasteiger partial charge in [-0.15, -0.1) is 0 Å². The number of aryl methyl sites for hydroxylation is 1. The van der Waals surface area contributed by atoms with Gasteiger partial charge in [-0.05, 0) is 25.0 Å². The Balaban J connectivity index is 1.90. The Morgan fingerprint density at radius 3 is 2.67 bits per heavy atom. The normalized spacial score (nSPS) is 12.3. The van der Waals surface area contributed by atoms with Crippen LogP contribution in [-0.2, 0) is 0 Å². The van der Waals surface area contributed by atoms with E-state index in [1.165, 1.54) is 11.1 Å². The number of benzene rings is 1. The van der Waals surface area contributed by atoms with Crippen molar-refractivity contribution in [1.82, 2.24) is 14.5 Å². The van der Waals surface area contributed by atoms with Gasteiger partial charge in [-0.1, -0.05) is 42.8 Å². The van der Waals surface area contributed by atoms with Gasteiger partial charge in [0.15, 0.2) is 0 Å². The van der Waals surface area contributed by atoms with Gasteiger partial charge in [0, 0.05) is 24.2 Å². The van der Waals surface area contributed by atoms with Crippen LogP contribution in [0.3, 0.4) is 0 Å². The maximum atomic E-state index is 4.66. The third kappa shape index (κ3) is 2.87. The van der Waals surface area contributed by atoms with E-state index in [4.69, 9.17) is 0 Å². The first-order valence-electron chi connectivity index (χ1n) is 7.28. The summed E-state index contributed by atoms with van der Waals surface area (Å²) >= 11 is 0. The van der Waals surface area contributed by atoms with Gasteiger partial charge in [-0.25, -0.2) is 4.98 Å². The Kier molecular flexibility index (Phi) is 3.82. The Labute approximate surface area is 125 Å². The van der Waals surface area contributed by atoms with Crippen molar-refractivity contribution in [3.8, 4) is 11.1 Å². The predicted molar refractivity (Wildman–Crippen MR) is 85.1 cm³/mol. The molecular weight excluding hydrogens is 258 g/mol. The first-order chi connectivity index (χ1) is 10.3. The van der Waals surface area contributed by atoms with Crippen LogP contribution < -0.4 is 0 Å². The summed E-state index contributed by atoms with van der Waals surface area (Å²) < 4.78 is 2.11. The molecule has 0 saturated carbocycles. The maximum Gasteiger partial charge on any atom is 0.0952 e. The molecule has 0 N–H and O–H groups in total. The van der Waals surface area contributed by atoms with Crippen LogP contribution in [-0.4, -0.2) is 14.5 Å². The fourth-order valence-corrected chi connectivity index (χ4v) is 2.62. The molecule has 106 valence electrons. The average Bonchev–Trinajstić information content (AvgIpc) is 3.03. The van der Waals surface area contributed by atoms with Crippen molar-refractivity contribution in [3.05, 3.63) is 72.6 Å². The van der Waals surface area contributed by atoms with Crippen LogP contribution in [0.2, 0.25) is 0 Å². The highest BCUT2D eigenvalue weighted by atomic mass is 15.1. The Morgan fingerprint density at radius 2 is 2.05 bits per heavy atom. The quantitative estimate of drug-likeness (QED) is 0.713. The minimum absolute atomic E-state index is 0.249. The van der Waals surface area contributed by atoms with Crippen LogP contribution in [0, 0.1) is 6.92 Å². The van der Waals surface area contributed by atoms with E-state index >= 15 is 0 Å². The SMILES string of the molecule is CCC(c1ccc(-c2cccc(C)c2)cn1)n1ccnc1. The van der Waals surface area contributed by atoms with Crippen LogP contribution in [0.1, 0.15) is 30.6 Å². The third-order valence-electron chi connectivity index (χ3n) is 3.75. The number of pyridine rings is 1. The fourth-order valence-electron chi connectivity index (χ4n) is 2.62. The average molecular weight is 277 g/mol. The molecule has 0 fully saturated rings. The molecule has 3 heteroatoms. The zero-order valence-corrected chi connectivity index (χ0v) is 12.4. The molecule has 0 bridgehead atoms. The monoisotopic (exact) mass is 277 g/mol. The van der Waals surface area contributed by atoms with Gasteiger partial charge in [0.2, 0.25) is 0 Å². The van der Waals surface area contributed by atoms with Gasteiger partial charge in [0.1, 0.15) is 0 Å². The summed E-state index contributed by atoms with van der Waals surface area (Å²) in [6.07, 6.45) is 8.61. The van der Waals surface area contributed by atoms with E-state index < -0.39 is 0 Å². The van der Waals surface area contributed by atoms with E-state index in [9.17, 15) is 0 Å². The summed E-state index contributed by atoms with van der Waals surface area (Å²) in [6.45, 7) is 4.28. The number of rotatable bonds is 4. The molecule has 21 heavy (non-hydrogen) atoms. The molecule has 2 heterocycles. The van der Waals surface area contributed by atoms with E-state index in [1.54, 1.807) is 0 Å². The molecule has 0 aliphatic carbocycles. The molecule has 3 aromatic rings. The van der Waals surface area contributed by atoms with Crippen molar-refractivity contribution in [1.29, 1.82) is 0 Å². The standard InChI is InChI=1S/C18H19N3/c1-3-18(21-10-9-19-13-21)17-8-7-16(12-20-17)15-6-4-5-14(2)11-15/h4-13,18H,3H2,1-2H3. The highest BCUT2D eigenvalue weighted by Crippen LogP contribution is 2.24. The summed E-state index contributed by atoms with van der Waals surface area (Å²) in [6, 6.07) is 13.0. The second-order valence-corrected chi connectivity index (χ2v) is 5.28. The smallest absolute Gasteiger partial charge is 0.0952 e. The van der Waals surface area contributed by atoms with Crippen molar-refractivity contribution in [2.45, 2.75) is 26.3 Å². The van der Waals surface area contributed by atoms with E-state index in [0.29, 0.717) is 0 Å². The van der Waals surface area contributed by atoms with Crippen molar-refractivity contribution < 1.29 is 0 Å². The Morgan fingerprint density at radius 1 is 1.14 bits per heavy atom. The van der Waals surface area contributed by atoms with Gasteiger partial charge >= 0.3 is 0 Å². The van der Waals surface area contributed by atoms with E-state index in [2.05, 4.69) is 64.8 Å². The molecule has 3 rings (SSSR count). The molecule has 1 atom stereocenters. The lowest BCUT2D eigenvalue weighted by Gasteiger charge is -2.16. The summed E-state index contributed by atoms with van der Waals surface area (Å²) in [5.41, 5.74) is 4.71. The molecule has 2 aromatic heterocycles. The van der Waals surface area contributed by atoms with Crippen molar-refractivity contribution in [2.24, 2.45) is 0 Å². The largest absolute Gasteiger partial charge is 0.328 e. The summed E-state index contributed by atoms with van der Waals surface area (Å²) in [7, 11) is 0.